The molecule has 0 spiro atoms. The van der Waals surface area contributed by atoms with E-state index in [1.165, 1.54) is 0 Å². The first-order chi connectivity index (χ1) is 14.3. The molecule has 14 heteroatoms. The minimum Gasteiger partial charge on any atom is -0.480 e. The lowest BCUT2D eigenvalue weighted by Gasteiger charge is -2.25. The molecule has 31 heavy (non-hydrogen) atoms. The largest absolute Gasteiger partial charge is 0.480 e. The highest BCUT2D eigenvalue weighted by molar-refractivity contribution is 7.80. The lowest BCUT2D eigenvalue weighted by atomic mass is 10.0. The summed E-state index contributed by atoms with van der Waals surface area (Å²) in [6.07, 6.45) is -0.908. The highest BCUT2D eigenvalue weighted by atomic mass is 32.1. The van der Waals surface area contributed by atoms with E-state index >= 15 is 0 Å². The molecule has 0 aliphatic heterocycles. The van der Waals surface area contributed by atoms with Crippen LogP contribution < -0.4 is 33.2 Å². The molecule has 13 nitrogen and oxygen atoms in total. The fraction of sp³-hybridized carbons (Fsp3) is 0.647. The number of aliphatic carboxylic acids is 1. The van der Waals surface area contributed by atoms with E-state index in [1.54, 1.807) is 13.8 Å². The molecular weight excluding hydrogens is 432 g/mol. The molecule has 10 N–H and O–H groups in total. The third-order valence-corrected chi connectivity index (χ3v) is 4.30. The van der Waals surface area contributed by atoms with Gasteiger partial charge < -0.3 is 38.3 Å². The topological polar surface area (TPSA) is 237 Å². The van der Waals surface area contributed by atoms with Crippen LogP contribution in [0.25, 0.3) is 0 Å². The second-order valence-corrected chi connectivity index (χ2v) is 7.65. The van der Waals surface area contributed by atoms with Crippen molar-refractivity contribution in [2.24, 2.45) is 23.1 Å². The highest BCUT2D eigenvalue weighted by Gasteiger charge is 2.31. The van der Waals surface area contributed by atoms with Gasteiger partial charge in [0, 0.05) is 5.75 Å². The molecule has 0 bridgehead atoms. The molecule has 0 radical (unpaired) electrons. The number of carboxylic acid groups (broad SMARTS) is 1. The molecule has 0 aliphatic carbocycles. The normalized spacial score (nSPS) is 14.6. The van der Waals surface area contributed by atoms with Gasteiger partial charge in [-0.3, -0.25) is 24.0 Å². The number of amides is 5. The second-order valence-electron chi connectivity index (χ2n) is 7.28. The van der Waals surface area contributed by atoms with Crippen molar-refractivity contribution < 1.29 is 33.9 Å². The van der Waals surface area contributed by atoms with Crippen molar-refractivity contribution >= 4 is 48.1 Å². The number of hydrogen-bond donors (Lipinski definition) is 8. The summed E-state index contributed by atoms with van der Waals surface area (Å²) in [6, 6.07) is -5.29. The van der Waals surface area contributed by atoms with E-state index in [1.807, 2.05) is 0 Å². The molecular formula is C17H30N6O7S. The van der Waals surface area contributed by atoms with Gasteiger partial charge >= 0.3 is 5.97 Å². The summed E-state index contributed by atoms with van der Waals surface area (Å²) in [6.45, 7) is 3.54. The summed E-state index contributed by atoms with van der Waals surface area (Å²) < 4.78 is 0. The number of thiol groups is 1. The second kappa shape index (κ2) is 13.4. The highest BCUT2D eigenvalue weighted by Crippen LogP contribution is 2.07. The van der Waals surface area contributed by atoms with Crippen molar-refractivity contribution in [2.75, 3.05) is 5.75 Å². The smallest absolute Gasteiger partial charge is 0.327 e. The molecule has 0 aliphatic rings. The Kier molecular flexibility index (Phi) is 12.2. The van der Waals surface area contributed by atoms with Crippen LogP contribution in [0.5, 0.6) is 0 Å². The molecule has 176 valence electrons. The fourth-order valence-electron chi connectivity index (χ4n) is 2.43. The van der Waals surface area contributed by atoms with Gasteiger partial charge in [-0.2, -0.15) is 12.6 Å². The quantitative estimate of drug-likeness (QED) is 0.121. The van der Waals surface area contributed by atoms with Gasteiger partial charge in [0.15, 0.2) is 0 Å². The minimum atomic E-state index is -1.49. The maximum atomic E-state index is 12.7. The molecule has 0 aromatic heterocycles. The predicted octanol–water partition coefficient (Wildman–Crippen LogP) is -3.42. The maximum Gasteiger partial charge on any atom is 0.327 e. The third-order valence-electron chi connectivity index (χ3n) is 3.93. The minimum absolute atomic E-state index is 0.0765. The Morgan fingerprint density at radius 3 is 1.68 bits per heavy atom. The Hall–Kier alpha value is -2.87. The Labute approximate surface area is 184 Å². The van der Waals surface area contributed by atoms with E-state index < -0.39 is 72.5 Å². The Bertz CT molecular complexity index is 702. The van der Waals surface area contributed by atoms with Crippen molar-refractivity contribution in [1.29, 1.82) is 0 Å². The standard InChI is InChI=1S/C17H30N6O7S/c1-7(2)3-9(21-14(26)8(18)4-12(19)24)15(27)22-10(5-13(20)25)16(28)23-11(6-31)17(29)30/h7-11,31H,3-6,18H2,1-2H3,(H2,19,24)(H2,20,25)(H,21,26)(H,22,27)(H,23,28)(H,29,30). The number of nitrogens with one attached hydrogen (secondary N) is 3. The van der Waals surface area contributed by atoms with Crippen LogP contribution in [0.3, 0.4) is 0 Å². The van der Waals surface area contributed by atoms with E-state index in [-0.39, 0.29) is 18.1 Å². The first kappa shape index (κ1) is 28.1. The van der Waals surface area contributed by atoms with Gasteiger partial charge in [0.1, 0.15) is 18.1 Å². The number of carbonyl (C=O) groups is 6. The Morgan fingerprint density at radius 2 is 1.26 bits per heavy atom. The Balaban J connectivity index is 5.45. The molecule has 0 aromatic carbocycles. The number of carbonyl (C=O) groups excluding carboxylic acids is 5. The van der Waals surface area contributed by atoms with Crippen LogP contribution in [-0.4, -0.2) is 70.5 Å². The average Bonchev–Trinajstić information content (AvgIpc) is 2.62. The van der Waals surface area contributed by atoms with E-state index in [2.05, 4.69) is 28.6 Å². The van der Waals surface area contributed by atoms with Crippen LogP contribution >= 0.6 is 12.6 Å². The van der Waals surface area contributed by atoms with Gasteiger partial charge in [-0.05, 0) is 12.3 Å². The first-order valence-corrected chi connectivity index (χ1v) is 9.98. The summed E-state index contributed by atoms with van der Waals surface area (Å²) in [7, 11) is 0. The molecule has 0 heterocycles. The van der Waals surface area contributed by atoms with Crippen LogP contribution in [0.15, 0.2) is 0 Å². The predicted molar refractivity (Wildman–Crippen MR) is 112 cm³/mol. The molecule has 0 fully saturated rings. The van der Waals surface area contributed by atoms with Gasteiger partial charge in [0.05, 0.1) is 18.9 Å². The number of carboxylic acids is 1. The zero-order chi connectivity index (χ0) is 24.3. The number of hydrogen-bond acceptors (Lipinski definition) is 8. The van der Waals surface area contributed by atoms with E-state index in [0.717, 1.165) is 0 Å². The monoisotopic (exact) mass is 462 g/mol. The molecule has 0 rings (SSSR count). The van der Waals surface area contributed by atoms with Crippen LogP contribution in [0.2, 0.25) is 0 Å². The maximum absolute atomic E-state index is 12.7. The Morgan fingerprint density at radius 1 is 0.806 bits per heavy atom. The van der Waals surface area contributed by atoms with Gasteiger partial charge in [-0.15, -0.1) is 0 Å². The van der Waals surface area contributed by atoms with Gasteiger partial charge in [-0.25, -0.2) is 4.79 Å². The van der Waals surface area contributed by atoms with Crippen molar-refractivity contribution in [2.45, 2.75) is 57.3 Å². The zero-order valence-electron chi connectivity index (χ0n) is 17.3. The molecule has 4 unspecified atom stereocenters. The first-order valence-electron chi connectivity index (χ1n) is 9.35. The van der Waals surface area contributed by atoms with Crippen molar-refractivity contribution in [3.8, 4) is 0 Å². The lowest BCUT2D eigenvalue weighted by Crippen LogP contribution is -2.58. The lowest BCUT2D eigenvalue weighted by molar-refractivity contribution is -0.141. The summed E-state index contributed by atoms with van der Waals surface area (Å²) >= 11 is 3.82. The molecule has 4 atom stereocenters. The van der Waals surface area contributed by atoms with Crippen LogP contribution in [-0.2, 0) is 28.8 Å². The number of nitrogens with two attached hydrogens (primary N) is 3. The van der Waals surface area contributed by atoms with E-state index in [9.17, 15) is 28.8 Å². The van der Waals surface area contributed by atoms with E-state index in [0.29, 0.717) is 0 Å². The molecule has 0 saturated carbocycles. The van der Waals surface area contributed by atoms with Crippen molar-refractivity contribution in [3.63, 3.8) is 0 Å². The average molecular weight is 463 g/mol. The molecule has 5 amide bonds. The number of primary amides is 2. The number of rotatable bonds is 14. The summed E-state index contributed by atoms with van der Waals surface area (Å²) in [5.41, 5.74) is 15.7. The zero-order valence-corrected chi connectivity index (χ0v) is 18.2. The summed E-state index contributed by atoms with van der Waals surface area (Å²) in [4.78, 5) is 70.7. The summed E-state index contributed by atoms with van der Waals surface area (Å²) in [5.74, 6) is -6.00. The van der Waals surface area contributed by atoms with Crippen LogP contribution in [0, 0.1) is 5.92 Å². The molecule has 0 saturated heterocycles. The fourth-order valence-corrected chi connectivity index (χ4v) is 2.68. The van der Waals surface area contributed by atoms with Crippen LogP contribution in [0.1, 0.15) is 33.1 Å². The van der Waals surface area contributed by atoms with Gasteiger partial charge in [0.2, 0.25) is 29.5 Å². The SMILES string of the molecule is CC(C)CC(NC(=O)C(N)CC(N)=O)C(=O)NC(CC(N)=O)C(=O)NC(CS)C(=O)O. The van der Waals surface area contributed by atoms with Crippen molar-refractivity contribution in [3.05, 3.63) is 0 Å². The molecule has 0 aromatic rings. The summed E-state index contributed by atoms with van der Waals surface area (Å²) in [5, 5.41) is 15.8. The van der Waals surface area contributed by atoms with Crippen molar-refractivity contribution in [1.82, 2.24) is 16.0 Å². The van der Waals surface area contributed by atoms with Gasteiger partial charge in [0.25, 0.3) is 0 Å². The third kappa shape index (κ3) is 11.2. The van der Waals surface area contributed by atoms with E-state index in [4.69, 9.17) is 22.3 Å². The van der Waals surface area contributed by atoms with Gasteiger partial charge in [-0.1, -0.05) is 13.8 Å². The van der Waals surface area contributed by atoms with Crippen LogP contribution in [0.4, 0.5) is 0 Å².